The number of rotatable bonds is 2. The van der Waals surface area contributed by atoms with E-state index < -0.39 is 5.97 Å². The minimum atomic E-state index is -0.596. The van der Waals surface area contributed by atoms with Gasteiger partial charge in [0.1, 0.15) is 0 Å². The van der Waals surface area contributed by atoms with Crippen LogP contribution in [0.2, 0.25) is 0 Å². The second-order valence-corrected chi connectivity index (χ2v) is 5.13. The summed E-state index contributed by atoms with van der Waals surface area (Å²) in [5.74, 6) is 0.556. The lowest BCUT2D eigenvalue weighted by Gasteiger charge is -2.28. The molecule has 2 aliphatic rings. The second kappa shape index (κ2) is 3.62. The minimum Gasteiger partial charge on any atom is -0.481 e. The van der Waals surface area contributed by atoms with Crippen molar-refractivity contribution in [2.75, 3.05) is 0 Å². The van der Waals surface area contributed by atoms with Gasteiger partial charge in [-0.25, -0.2) is 0 Å². The summed E-state index contributed by atoms with van der Waals surface area (Å²) in [7, 11) is 0. The lowest BCUT2D eigenvalue weighted by Crippen LogP contribution is -2.27. The molecule has 2 fully saturated rings. The van der Waals surface area contributed by atoms with Crippen molar-refractivity contribution in [3.05, 3.63) is 35.9 Å². The Balaban J connectivity index is 1.97. The molecule has 4 atom stereocenters. The molecule has 0 amide bonds. The van der Waals surface area contributed by atoms with E-state index in [9.17, 15) is 9.90 Å². The first kappa shape index (κ1) is 9.88. The van der Waals surface area contributed by atoms with Crippen LogP contribution < -0.4 is 0 Å². The maximum atomic E-state index is 11.4. The van der Waals surface area contributed by atoms with E-state index in [1.807, 2.05) is 18.2 Å². The normalized spacial score (nSPS) is 36.5. The number of carboxylic acid groups (broad SMARTS) is 1. The molecule has 2 aliphatic carbocycles. The first-order chi connectivity index (χ1) is 7.77. The van der Waals surface area contributed by atoms with Crippen molar-refractivity contribution in [2.45, 2.75) is 25.2 Å². The molecule has 0 unspecified atom stereocenters. The predicted molar refractivity (Wildman–Crippen MR) is 61.1 cm³/mol. The number of carboxylic acids is 1. The van der Waals surface area contributed by atoms with E-state index in [1.165, 1.54) is 12.0 Å². The quantitative estimate of drug-likeness (QED) is 0.825. The van der Waals surface area contributed by atoms with Crippen LogP contribution in [0.1, 0.15) is 30.7 Å². The van der Waals surface area contributed by atoms with Crippen LogP contribution >= 0.6 is 0 Å². The van der Waals surface area contributed by atoms with Gasteiger partial charge in [-0.2, -0.15) is 0 Å². The van der Waals surface area contributed by atoms with Gasteiger partial charge in [0.25, 0.3) is 0 Å². The summed E-state index contributed by atoms with van der Waals surface area (Å²) in [6.07, 6.45) is 3.45. The van der Waals surface area contributed by atoms with Crippen molar-refractivity contribution in [3.8, 4) is 0 Å². The Bertz CT molecular complexity index is 398. The van der Waals surface area contributed by atoms with Crippen LogP contribution in [0, 0.1) is 17.8 Å². The Morgan fingerprint density at radius 1 is 1.12 bits per heavy atom. The van der Waals surface area contributed by atoms with E-state index in [0.717, 1.165) is 12.8 Å². The van der Waals surface area contributed by atoms with Gasteiger partial charge < -0.3 is 5.11 Å². The van der Waals surface area contributed by atoms with E-state index in [1.54, 1.807) is 0 Å². The lowest BCUT2D eigenvalue weighted by molar-refractivity contribution is -0.144. The smallest absolute Gasteiger partial charge is 0.307 e. The SMILES string of the molecule is O=C(O)[C@H]1[C@@H]2CC[C@@H](C2)[C@@H]1c1ccccc1. The number of hydrogen-bond donors (Lipinski definition) is 1. The number of benzene rings is 1. The van der Waals surface area contributed by atoms with Crippen LogP contribution in [-0.4, -0.2) is 11.1 Å². The molecule has 0 saturated heterocycles. The molecule has 0 aliphatic heterocycles. The maximum absolute atomic E-state index is 11.4. The number of hydrogen-bond acceptors (Lipinski definition) is 1. The standard InChI is InChI=1S/C14H16O2/c15-14(16)13-11-7-6-10(8-11)12(13)9-4-2-1-3-5-9/h1-5,10-13H,6-8H2,(H,15,16)/t10-,11+,12-,13-/m0/s1. The summed E-state index contributed by atoms with van der Waals surface area (Å²) in [6.45, 7) is 0. The Hall–Kier alpha value is -1.31. The third-order valence-corrected chi connectivity index (χ3v) is 4.39. The Kier molecular flexibility index (Phi) is 2.23. The highest BCUT2D eigenvalue weighted by Gasteiger charge is 2.51. The summed E-state index contributed by atoms with van der Waals surface area (Å²) in [5, 5.41) is 9.37. The average molecular weight is 216 g/mol. The Labute approximate surface area is 95.3 Å². The monoisotopic (exact) mass is 216 g/mol. The molecule has 1 aromatic rings. The topological polar surface area (TPSA) is 37.3 Å². The molecule has 84 valence electrons. The van der Waals surface area contributed by atoms with E-state index >= 15 is 0 Å². The fraction of sp³-hybridized carbons (Fsp3) is 0.500. The van der Waals surface area contributed by atoms with E-state index in [-0.39, 0.29) is 11.8 Å². The van der Waals surface area contributed by atoms with Gasteiger partial charge in [-0.05, 0) is 36.7 Å². The third kappa shape index (κ3) is 1.36. The van der Waals surface area contributed by atoms with Crippen molar-refractivity contribution < 1.29 is 9.90 Å². The van der Waals surface area contributed by atoms with Gasteiger partial charge >= 0.3 is 5.97 Å². The van der Waals surface area contributed by atoms with Crippen molar-refractivity contribution in [1.29, 1.82) is 0 Å². The van der Waals surface area contributed by atoms with Gasteiger partial charge in [-0.3, -0.25) is 4.79 Å². The van der Waals surface area contributed by atoms with Crippen molar-refractivity contribution in [2.24, 2.45) is 17.8 Å². The molecule has 3 rings (SSSR count). The van der Waals surface area contributed by atoms with Crippen LogP contribution in [0.3, 0.4) is 0 Å². The first-order valence-corrected chi connectivity index (χ1v) is 6.05. The predicted octanol–water partition coefficient (Wildman–Crippen LogP) is 2.90. The molecule has 2 saturated carbocycles. The number of fused-ring (bicyclic) bond motifs is 2. The van der Waals surface area contributed by atoms with Crippen molar-refractivity contribution >= 4 is 5.97 Å². The summed E-state index contributed by atoms with van der Waals surface area (Å²) in [5.41, 5.74) is 1.22. The minimum absolute atomic E-state index is 0.138. The summed E-state index contributed by atoms with van der Waals surface area (Å²) < 4.78 is 0. The van der Waals surface area contributed by atoms with E-state index in [0.29, 0.717) is 11.8 Å². The Morgan fingerprint density at radius 3 is 2.50 bits per heavy atom. The van der Waals surface area contributed by atoms with Gasteiger partial charge in [0.05, 0.1) is 5.92 Å². The molecule has 2 bridgehead atoms. The highest BCUT2D eigenvalue weighted by atomic mass is 16.4. The van der Waals surface area contributed by atoms with Gasteiger partial charge in [0.15, 0.2) is 0 Å². The molecule has 1 aromatic carbocycles. The summed E-state index contributed by atoms with van der Waals surface area (Å²) in [6, 6.07) is 10.2. The summed E-state index contributed by atoms with van der Waals surface area (Å²) >= 11 is 0. The van der Waals surface area contributed by atoms with Crippen molar-refractivity contribution in [1.82, 2.24) is 0 Å². The van der Waals surface area contributed by atoms with Crippen molar-refractivity contribution in [3.63, 3.8) is 0 Å². The van der Waals surface area contributed by atoms with Gasteiger partial charge in [0, 0.05) is 5.92 Å². The Morgan fingerprint density at radius 2 is 1.81 bits per heavy atom. The fourth-order valence-corrected chi connectivity index (χ4v) is 3.80. The fourth-order valence-electron chi connectivity index (χ4n) is 3.80. The highest BCUT2D eigenvalue weighted by Crippen LogP contribution is 2.56. The van der Waals surface area contributed by atoms with Gasteiger partial charge in [0.2, 0.25) is 0 Å². The average Bonchev–Trinajstić information content (AvgIpc) is 2.89. The van der Waals surface area contributed by atoms with Gasteiger partial charge in [-0.15, -0.1) is 0 Å². The molecule has 0 radical (unpaired) electrons. The molecule has 2 heteroatoms. The first-order valence-electron chi connectivity index (χ1n) is 6.05. The van der Waals surface area contributed by atoms with Crippen LogP contribution in [0.4, 0.5) is 0 Å². The number of aliphatic carboxylic acids is 1. The van der Waals surface area contributed by atoms with Crippen LogP contribution in [-0.2, 0) is 4.79 Å². The molecule has 16 heavy (non-hydrogen) atoms. The van der Waals surface area contributed by atoms with Gasteiger partial charge in [-0.1, -0.05) is 30.3 Å². The zero-order valence-electron chi connectivity index (χ0n) is 9.17. The molecule has 0 aromatic heterocycles. The zero-order valence-corrected chi connectivity index (χ0v) is 9.17. The second-order valence-electron chi connectivity index (χ2n) is 5.13. The molecular weight excluding hydrogens is 200 g/mol. The maximum Gasteiger partial charge on any atom is 0.307 e. The van der Waals surface area contributed by atoms with Crippen LogP contribution in [0.25, 0.3) is 0 Å². The molecule has 1 N–H and O–H groups in total. The molecule has 2 nitrogen and oxygen atoms in total. The third-order valence-electron chi connectivity index (χ3n) is 4.39. The molecular formula is C14H16O2. The highest BCUT2D eigenvalue weighted by molar-refractivity contribution is 5.72. The van der Waals surface area contributed by atoms with E-state index in [2.05, 4.69) is 12.1 Å². The largest absolute Gasteiger partial charge is 0.481 e. The molecule has 0 heterocycles. The van der Waals surface area contributed by atoms with Crippen LogP contribution in [0.15, 0.2) is 30.3 Å². The number of carbonyl (C=O) groups is 1. The zero-order chi connectivity index (χ0) is 11.1. The van der Waals surface area contributed by atoms with Crippen LogP contribution in [0.5, 0.6) is 0 Å². The summed E-state index contributed by atoms with van der Waals surface area (Å²) in [4.78, 5) is 11.4. The van der Waals surface area contributed by atoms with E-state index in [4.69, 9.17) is 0 Å². The lowest BCUT2D eigenvalue weighted by atomic mass is 9.75. The molecule has 0 spiro atoms.